The molecule has 0 saturated carbocycles. The lowest BCUT2D eigenvalue weighted by Crippen LogP contribution is -2.40. The summed E-state index contributed by atoms with van der Waals surface area (Å²) in [5, 5.41) is 9.78. The summed E-state index contributed by atoms with van der Waals surface area (Å²) in [5.41, 5.74) is 9.65. The van der Waals surface area contributed by atoms with Gasteiger partial charge in [0, 0.05) is 22.2 Å². The number of nitriles is 1. The van der Waals surface area contributed by atoms with Crippen molar-refractivity contribution in [3.8, 4) is 6.07 Å². The standard InChI is InChI=1S/C20H19F3N4S.C2H6/c1-11-6-12(2)19(16(25)7-11)28-27-17(20(21,22)23)8-14-10-26-18-13(9-24)4-3-5-15(14)18;1-2/h3-7,10,17,26-27H,8,25H2,1-2H3;1-2H3. The van der Waals surface area contributed by atoms with Crippen molar-refractivity contribution in [2.45, 2.75) is 51.2 Å². The number of H-pyrrole nitrogens is 1. The zero-order valence-electron chi connectivity index (χ0n) is 17.3. The lowest BCUT2D eigenvalue weighted by atomic mass is 10.0. The molecular formula is C22H25F3N4S. The molecule has 0 aliphatic rings. The maximum atomic E-state index is 13.7. The van der Waals surface area contributed by atoms with E-state index in [9.17, 15) is 13.2 Å². The van der Waals surface area contributed by atoms with E-state index < -0.39 is 12.2 Å². The van der Waals surface area contributed by atoms with E-state index in [0.717, 1.165) is 23.1 Å². The second-order valence-corrected chi connectivity index (χ2v) is 7.52. The molecule has 1 unspecified atom stereocenters. The van der Waals surface area contributed by atoms with Crippen LogP contribution in [0.5, 0.6) is 0 Å². The highest BCUT2D eigenvalue weighted by Crippen LogP contribution is 2.33. The maximum Gasteiger partial charge on any atom is 0.405 e. The van der Waals surface area contributed by atoms with E-state index >= 15 is 0 Å². The zero-order valence-corrected chi connectivity index (χ0v) is 18.1. The van der Waals surface area contributed by atoms with Crippen molar-refractivity contribution in [1.82, 2.24) is 9.71 Å². The Morgan fingerprint density at radius 2 is 1.93 bits per heavy atom. The normalized spacial score (nSPS) is 12.2. The molecule has 0 radical (unpaired) electrons. The number of rotatable bonds is 5. The Hall–Kier alpha value is -2.63. The number of anilines is 1. The van der Waals surface area contributed by atoms with Gasteiger partial charge in [-0.25, -0.2) is 4.72 Å². The fourth-order valence-electron chi connectivity index (χ4n) is 3.18. The summed E-state index contributed by atoms with van der Waals surface area (Å²) >= 11 is 0.895. The van der Waals surface area contributed by atoms with Gasteiger partial charge in [-0.05, 0) is 61.0 Å². The number of benzene rings is 2. The van der Waals surface area contributed by atoms with E-state index in [1.165, 1.54) is 6.20 Å². The number of aromatic amines is 1. The van der Waals surface area contributed by atoms with E-state index in [0.29, 0.717) is 32.6 Å². The third-order valence-corrected chi connectivity index (χ3v) is 5.66. The Morgan fingerprint density at radius 3 is 2.53 bits per heavy atom. The highest BCUT2D eigenvalue weighted by atomic mass is 32.2. The van der Waals surface area contributed by atoms with Crippen LogP contribution in [0.3, 0.4) is 0 Å². The Morgan fingerprint density at radius 1 is 1.23 bits per heavy atom. The second-order valence-electron chi connectivity index (χ2n) is 6.67. The first-order chi connectivity index (χ1) is 14.2. The second kappa shape index (κ2) is 9.92. The van der Waals surface area contributed by atoms with Crippen molar-refractivity contribution < 1.29 is 13.2 Å². The molecular weight excluding hydrogens is 409 g/mol. The highest BCUT2D eigenvalue weighted by molar-refractivity contribution is 7.97. The summed E-state index contributed by atoms with van der Waals surface area (Å²) in [5.74, 6) is 0. The molecule has 0 saturated heterocycles. The van der Waals surface area contributed by atoms with Gasteiger partial charge < -0.3 is 10.7 Å². The number of nitrogen functional groups attached to an aromatic ring is 1. The third-order valence-electron chi connectivity index (χ3n) is 4.49. The monoisotopic (exact) mass is 434 g/mol. The number of para-hydroxylation sites is 1. The first kappa shape index (κ1) is 23.6. The number of nitrogens with zero attached hydrogens (tertiary/aromatic N) is 1. The Kier molecular flexibility index (Phi) is 7.82. The smallest absolute Gasteiger partial charge is 0.398 e. The number of aromatic nitrogens is 1. The number of hydrogen-bond acceptors (Lipinski definition) is 4. The quantitative estimate of drug-likeness (QED) is 0.338. The molecule has 0 fully saturated rings. The van der Waals surface area contributed by atoms with Crippen LogP contribution in [0.2, 0.25) is 0 Å². The number of nitrogens with two attached hydrogens (primary N) is 1. The zero-order chi connectivity index (χ0) is 22.5. The van der Waals surface area contributed by atoms with E-state index in [1.807, 2.05) is 39.8 Å². The van der Waals surface area contributed by atoms with Crippen LogP contribution in [-0.4, -0.2) is 17.2 Å². The molecule has 0 aliphatic heterocycles. The summed E-state index contributed by atoms with van der Waals surface area (Å²) in [6.07, 6.45) is -3.19. The summed E-state index contributed by atoms with van der Waals surface area (Å²) < 4.78 is 43.5. The molecule has 30 heavy (non-hydrogen) atoms. The van der Waals surface area contributed by atoms with Crippen molar-refractivity contribution in [2.75, 3.05) is 5.73 Å². The van der Waals surface area contributed by atoms with Crippen molar-refractivity contribution in [1.29, 1.82) is 5.26 Å². The summed E-state index contributed by atoms with van der Waals surface area (Å²) in [6, 6.07) is 8.89. The molecule has 2 aromatic carbocycles. The lowest BCUT2D eigenvalue weighted by Gasteiger charge is -2.22. The van der Waals surface area contributed by atoms with Crippen LogP contribution in [0, 0.1) is 25.2 Å². The van der Waals surface area contributed by atoms with Crippen LogP contribution in [-0.2, 0) is 6.42 Å². The average Bonchev–Trinajstić information content (AvgIpc) is 3.10. The number of halogens is 3. The Labute approximate surface area is 178 Å². The van der Waals surface area contributed by atoms with E-state index in [1.54, 1.807) is 24.3 Å². The van der Waals surface area contributed by atoms with Crippen LogP contribution in [0.1, 0.15) is 36.1 Å². The van der Waals surface area contributed by atoms with E-state index in [2.05, 4.69) is 9.71 Å². The van der Waals surface area contributed by atoms with Gasteiger partial charge in [0.05, 0.1) is 11.1 Å². The molecule has 3 aromatic rings. The Bertz CT molecular complexity index is 1030. The van der Waals surface area contributed by atoms with Crippen molar-refractivity contribution in [3.05, 3.63) is 58.8 Å². The van der Waals surface area contributed by atoms with E-state index in [-0.39, 0.29) is 6.42 Å². The number of nitrogens with one attached hydrogen (secondary N) is 2. The number of hydrogen-bond donors (Lipinski definition) is 3. The van der Waals surface area contributed by atoms with Gasteiger partial charge in [0.1, 0.15) is 12.1 Å². The van der Waals surface area contributed by atoms with Crippen LogP contribution in [0.4, 0.5) is 18.9 Å². The van der Waals surface area contributed by atoms with Gasteiger partial charge in [-0.3, -0.25) is 0 Å². The van der Waals surface area contributed by atoms with Crippen molar-refractivity contribution in [3.63, 3.8) is 0 Å². The maximum absolute atomic E-state index is 13.7. The fraction of sp³-hybridized carbons (Fsp3) is 0.318. The predicted molar refractivity (Wildman–Crippen MR) is 117 cm³/mol. The van der Waals surface area contributed by atoms with Crippen molar-refractivity contribution >= 4 is 28.5 Å². The van der Waals surface area contributed by atoms with Crippen LogP contribution in [0.15, 0.2) is 41.4 Å². The number of fused-ring (bicyclic) bond motifs is 1. The highest BCUT2D eigenvalue weighted by Gasteiger charge is 2.40. The predicted octanol–water partition coefficient (Wildman–Crippen LogP) is 6.04. The third kappa shape index (κ3) is 5.29. The molecule has 3 rings (SSSR count). The Balaban J connectivity index is 0.00000155. The minimum atomic E-state index is -4.45. The molecule has 4 nitrogen and oxygen atoms in total. The number of alkyl halides is 3. The van der Waals surface area contributed by atoms with Gasteiger partial charge in [0.15, 0.2) is 0 Å². The molecule has 0 bridgehead atoms. The molecule has 160 valence electrons. The van der Waals surface area contributed by atoms with Gasteiger partial charge in [-0.1, -0.05) is 32.0 Å². The minimum absolute atomic E-state index is 0.268. The fourth-order valence-corrected chi connectivity index (χ4v) is 4.05. The molecule has 0 aliphatic carbocycles. The SMILES string of the molecule is CC.Cc1cc(C)c(SNC(Cc2c[nH]c3c(C#N)cccc23)C(F)(F)F)c(N)c1. The first-order valence-electron chi connectivity index (χ1n) is 9.55. The van der Waals surface area contributed by atoms with Gasteiger partial charge in [-0.15, -0.1) is 0 Å². The van der Waals surface area contributed by atoms with Gasteiger partial charge in [0.2, 0.25) is 0 Å². The van der Waals surface area contributed by atoms with Crippen LogP contribution < -0.4 is 10.5 Å². The minimum Gasteiger partial charge on any atom is -0.398 e. The molecule has 1 heterocycles. The lowest BCUT2D eigenvalue weighted by molar-refractivity contribution is -0.150. The average molecular weight is 435 g/mol. The number of aryl methyl sites for hydroxylation is 2. The molecule has 1 atom stereocenters. The molecule has 0 amide bonds. The van der Waals surface area contributed by atoms with Crippen LogP contribution >= 0.6 is 11.9 Å². The summed E-state index contributed by atoms with van der Waals surface area (Å²) in [4.78, 5) is 3.51. The summed E-state index contributed by atoms with van der Waals surface area (Å²) in [6.45, 7) is 7.70. The largest absolute Gasteiger partial charge is 0.405 e. The molecule has 8 heteroatoms. The van der Waals surface area contributed by atoms with E-state index in [4.69, 9.17) is 11.0 Å². The first-order valence-corrected chi connectivity index (χ1v) is 10.4. The van der Waals surface area contributed by atoms with Crippen LogP contribution in [0.25, 0.3) is 10.9 Å². The summed E-state index contributed by atoms with van der Waals surface area (Å²) in [7, 11) is 0. The van der Waals surface area contributed by atoms with Gasteiger partial charge in [0.25, 0.3) is 0 Å². The molecule has 1 aromatic heterocycles. The van der Waals surface area contributed by atoms with Gasteiger partial charge >= 0.3 is 6.18 Å². The van der Waals surface area contributed by atoms with Crippen molar-refractivity contribution in [2.24, 2.45) is 0 Å². The van der Waals surface area contributed by atoms with Gasteiger partial charge in [-0.2, -0.15) is 18.4 Å². The topological polar surface area (TPSA) is 77.6 Å². The molecule has 4 N–H and O–H groups in total. The molecule has 0 spiro atoms.